The van der Waals surface area contributed by atoms with E-state index >= 15 is 0 Å². The molecule has 3 heteroatoms. The summed E-state index contributed by atoms with van der Waals surface area (Å²) in [7, 11) is 0. The van der Waals surface area contributed by atoms with Crippen LogP contribution in [0, 0.1) is 0 Å². The highest BCUT2D eigenvalue weighted by molar-refractivity contribution is 5.98. The van der Waals surface area contributed by atoms with E-state index in [1.54, 1.807) is 0 Å². The first-order valence-electron chi connectivity index (χ1n) is 5.46. The van der Waals surface area contributed by atoms with Crippen molar-refractivity contribution in [1.29, 1.82) is 0 Å². The predicted octanol–water partition coefficient (Wildman–Crippen LogP) is 2.45. The number of nitrogens with one attached hydrogen (secondary N) is 1. The lowest BCUT2D eigenvalue weighted by Crippen LogP contribution is -2.27. The molecule has 3 nitrogen and oxygen atoms in total. The first-order chi connectivity index (χ1) is 7.72. The van der Waals surface area contributed by atoms with Crippen molar-refractivity contribution in [1.82, 2.24) is 0 Å². The van der Waals surface area contributed by atoms with Gasteiger partial charge in [0.25, 0.3) is 0 Å². The molecule has 1 atom stereocenters. The molecule has 0 fully saturated rings. The number of fused-ring (bicyclic) bond motifs is 1. The summed E-state index contributed by atoms with van der Waals surface area (Å²) >= 11 is 0. The summed E-state index contributed by atoms with van der Waals surface area (Å²) in [6, 6.07) is 7.91. The SMILES string of the molecule is CCOC(=O)C1=Cc2ccccc2NC1C. The van der Waals surface area contributed by atoms with Crippen LogP contribution >= 0.6 is 0 Å². The molecule has 0 saturated heterocycles. The fourth-order valence-electron chi connectivity index (χ4n) is 1.81. The van der Waals surface area contributed by atoms with Crippen LogP contribution in [-0.2, 0) is 9.53 Å². The Balaban J connectivity index is 2.33. The normalized spacial score (nSPS) is 18.1. The second kappa shape index (κ2) is 4.39. The lowest BCUT2D eigenvalue weighted by atomic mass is 9.99. The van der Waals surface area contributed by atoms with Gasteiger partial charge in [0.15, 0.2) is 0 Å². The van der Waals surface area contributed by atoms with Crippen LogP contribution in [-0.4, -0.2) is 18.6 Å². The molecule has 1 aliphatic rings. The van der Waals surface area contributed by atoms with Gasteiger partial charge in [0.05, 0.1) is 18.2 Å². The Kier molecular flexibility index (Phi) is 2.95. The number of carbonyl (C=O) groups excluding carboxylic acids is 1. The van der Waals surface area contributed by atoms with Gasteiger partial charge < -0.3 is 10.1 Å². The van der Waals surface area contributed by atoms with Crippen LogP contribution in [0.2, 0.25) is 0 Å². The molecule has 0 aromatic heterocycles. The quantitative estimate of drug-likeness (QED) is 0.773. The van der Waals surface area contributed by atoms with Crippen molar-refractivity contribution < 1.29 is 9.53 Å². The molecule has 1 N–H and O–H groups in total. The molecular weight excluding hydrogens is 202 g/mol. The summed E-state index contributed by atoms with van der Waals surface area (Å²) in [6.45, 7) is 4.18. The van der Waals surface area contributed by atoms with E-state index in [2.05, 4.69) is 5.32 Å². The smallest absolute Gasteiger partial charge is 0.336 e. The monoisotopic (exact) mass is 217 g/mol. The average Bonchev–Trinajstić information content (AvgIpc) is 2.28. The number of esters is 1. The lowest BCUT2D eigenvalue weighted by molar-refractivity contribution is -0.138. The van der Waals surface area contributed by atoms with Crippen LogP contribution in [0.15, 0.2) is 29.8 Å². The Morgan fingerprint density at radius 1 is 1.44 bits per heavy atom. The molecule has 0 aliphatic carbocycles. The van der Waals surface area contributed by atoms with Gasteiger partial charge in [0.1, 0.15) is 0 Å². The maximum Gasteiger partial charge on any atom is 0.336 e. The van der Waals surface area contributed by atoms with Crippen LogP contribution in [0.3, 0.4) is 0 Å². The molecule has 16 heavy (non-hydrogen) atoms. The topological polar surface area (TPSA) is 38.3 Å². The summed E-state index contributed by atoms with van der Waals surface area (Å²) in [5.74, 6) is -0.239. The van der Waals surface area contributed by atoms with Crippen LogP contribution < -0.4 is 5.32 Å². The van der Waals surface area contributed by atoms with Crippen molar-refractivity contribution in [3.63, 3.8) is 0 Å². The van der Waals surface area contributed by atoms with Crippen molar-refractivity contribution in [3.8, 4) is 0 Å². The zero-order valence-electron chi connectivity index (χ0n) is 9.49. The Bertz CT molecular complexity index is 437. The van der Waals surface area contributed by atoms with Crippen LogP contribution in [0.1, 0.15) is 19.4 Å². The third-order valence-corrected chi connectivity index (χ3v) is 2.62. The lowest BCUT2D eigenvalue weighted by Gasteiger charge is -2.24. The summed E-state index contributed by atoms with van der Waals surface area (Å²) in [6.07, 6.45) is 1.90. The van der Waals surface area contributed by atoms with Gasteiger partial charge in [-0.1, -0.05) is 18.2 Å². The molecule has 2 rings (SSSR count). The number of hydrogen-bond acceptors (Lipinski definition) is 3. The van der Waals surface area contributed by atoms with Crippen molar-refractivity contribution >= 4 is 17.7 Å². The zero-order chi connectivity index (χ0) is 11.5. The van der Waals surface area contributed by atoms with E-state index in [1.807, 2.05) is 44.2 Å². The first-order valence-corrected chi connectivity index (χ1v) is 5.46. The van der Waals surface area contributed by atoms with Crippen molar-refractivity contribution in [2.24, 2.45) is 0 Å². The molecule has 0 radical (unpaired) electrons. The molecule has 0 amide bonds. The van der Waals surface area contributed by atoms with E-state index in [1.165, 1.54) is 0 Å². The number of benzene rings is 1. The van der Waals surface area contributed by atoms with Gasteiger partial charge in [-0.3, -0.25) is 0 Å². The summed E-state index contributed by atoms with van der Waals surface area (Å²) in [4.78, 5) is 11.7. The van der Waals surface area contributed by atoms with E-state index < -0.39 is 0 Å². The van der Waals surface area contributed by atoms with Crippen LogP contribution in [0.4, 0.5) is 5.69 Å². The number of anilines is 1. The second-order valence-corrected chi connectivity index (χ2v) is 3.77. The third-order valence-electron chi connectivity index (χ3n) is 2.62. The minimum Gasteiger partial charge on any atom is -0.463 e. The molecule has 1 aromatic rings. The van der Waals surface area contributed by atoms with Crippen molar-refractivity contribution in [3.05, 3.63) is 35.4 Å². The van der Waals surface area contributed by atoms with E-state index in [9.17, 15) is 4.79 Å². The summed E-state index contributed by atoms with van der Waals surface area (Å²) in [5.41, 5.74) is 2.77. The van der Waals surface area contributed by atoms with E-state index in [0.29, 0.717) is 12.2 Å². The minimum absolute atomic E-state index is 0.00560. The van der Waals surface area contributed by atoms with Crippen molar-refractivity contribution in [2.45, 2.75) is 19.9 Å². The maximum absolute atomic E-state index is 11.7. The van der Waals surface area contributed by atoms with Gasteiger partial charge in [-0.25, -0.2) is 4.79 Å². The zero-order valence-corrected chi connectivity index (χ0v) is 9.49. The molecule has 1 heterocycles. The molecule has 1 aromatic carbocycles. The first kappa shape index (κ1) is 10.7. The fourth-order valence-corrected chi connectivity index (χ4v) is 1.81. The highest BCUT2D eigenvalue weighted by Gasteiger charge is 2.22. The minimum atomic E-state index is -0.239. The van der Waals surface area contributed by atoms with Gasteiger partial charge in [-0.2, -0.15) is 0 Å². The van der Waals surface area contributed by atoms with Crippen LogP contribution in [0.5, 0.6) is 0 Å². The Hall–Kier alpha value is -1.77. The van der Waals surface area contributed by atoms with Gasteiger partial charge in [0.2, 0.25) is 0 Å². The van der Waals surface area contributed by atoms with Gasteiger partial charge in [0, 0.05) is 5.69 Å². The third kappa shape index (κ3) is 1.94. The molecule has 1 aliphatic heterocycles. The number of para-hydroxylation sites is 1. The number of hydrogen-bond donors (Lipinski definition) is 1. The Morgan fingerprint density at radius 2 is 2.19 bits per heavy atom. The second-order valence-electron chi connectivity index (χ2n) is 3.77. The molecule has 0 bridgehead atoms. The predicted molar refractivity (Wildman–Crippen MR) is 64.1 cm³/mol. The Morgan fingerprint density at radius 3 is 2.94 bits per heavy atom. The number of rotatable bonds is 2. The van der Waals surface area contributed by atoms with E-state index in [-0.39, 0.29) is 12.0 Å². The molecular formula is C13H15NO2. The van der Waals surface area contributed by atoms with Crippen LogP contribution in [0.25, 0.3) is 6.08 Å². The molecule has 0 spiro atoms. The maximum atomic E-state index is 11.7. The fraction of sp³-hybridized carbons (Fsp3) is 0.308. The van der Waals surface area contributed by atoms with E-state index in [0.717, 1.165) is 11.3 Å². The largest absolute Gasteiger partial charge is 0.463 e. The van der Waals surface area contributed by atoms with Gasteiger partial charge in [-0.05, 0) is 31.6 Å². The Labute approximate surface area is 95.1 Å². The van der Waals surface area contributed by atoms with E-state index in [4.69, 9.17) is 4.74 Å². The van der Waals surface area contributed by atoms with Gasteiger partial charge in [-0.15, -0.1) is 0 Å². The molecule has 0 saturated carbocycles. The summed E-state index contributed by atoms with van der Waals surface area (Å²) in [5, 5.41) is 3.28. The summed E-state index contributed by atoms with van der Waals surface area (Å²) < 4.78 is 5.02. The number of ether oxygens (including phenoxy) is 1. The number of carbonyl (C=O) groups is 1. The standard InChI is InChI=1S/C13H15NO2/c1-3-16-13(15)11-8-10-6-4-5-7-12(10)14-9(11)2/h4-9,14H,3H2,1-2H3. The molecule has 84 valence electrons. The highest BCUT2D eigenvalue weighted by atomic mass is 16.5. The van der Waals surface area contributed by atoms with Gasteiger partial charge >= 0.3 is 5.97 Å². The molecule has 1 unspecified atom stereocenters. The highest BCUT2D eigenvalue weighted by Crippen LogP contribution is 2.27. The van der Waals surface area contributed by atoms with Crippen molar-refractivity contribution in [2.75, 3.05) is 11.9 Å². The average molecular weight is 217 g/mol.